The van der Waals surface area contributed by atoms with Gasteiger partial charge in [-0.05, 0) is 43.7 Å². The number of nitrogens with zero attached hydrogens (tertiary/aromatic N) is 1. The zero-order chi connectivity index (χ0) is 20.2. The highest BCUT2D eigenvalue weighted by molar-refractivity contribution is 6.35. The summed E-state index contributed by atoms with van der Waals surface area (Å²) in [7, 11) is 0. The van der Waals surface area contributed by atoms with E-state index in [4.69, 9.17) is 16.0 Å². The zero-order valence-electron chi connectivity index (χ0n) is 16.6. The van der Waals surface area contributed by atoms with Gasteiger partial charge < -0.3 is 20.0 Å². The van der Waals surface area contributed by atoms with Crippen LogP contribution in [0, 0.1) is 5.92 Å². The highest BCUT2D eigenvalue weighted by Gasteiger charge is 2.44. The SMILES string of the molecule is CC1CCCN(C(=O)c2cc3cc(Cl)c4c(c3o2)C2(CCCCC2)NC(=O)N4)C1. The maximum Gasteiger partial charge on any atom is 0.319 e. The molecule has 5 rings (SSSR count). The van der Waals surface area contributed by atoms with Crippen LogP contribution in [0.3, 0.4) is 0 Å². The Morgan fingerprint density at radius 1 is 1.24 bits per heavy atom. The van der Waals surface area contributed by atoms with E-state index in [0.29, 0.717) is 28.0 Å². The van der Waals surface area contributed by atoms with Crippen molar-refractivity contribution < 1.29 is 14.0 Å². The van der Waals surface area contributed by atoms with E-state index in [1.165, 1.54) is 0 Å². The lowest BCUT2D eigenvalue weighted by Crippen LogP contribution is -2.52. The van der Waals surface area contributed by atoms with Gasteiger partial charge in [-0.25, -0.2) is 4.79 Å². The van der Waals surface area contributed by atoms with Gasteiger partial charge in [-0.1, -0.05) is 37.8 Å². The molecule has 2 aromatic rings. The number of anilines is 1. The van der Waals surface area contributed by atoms with Crippen LogP contribution in [0.25, 0.3) is 11.0 Å². The molecule has 6 nitrogen and oxygen atoms in total. The lowest BCUT2D eigenvalue weighted by Gasteiger charge is -2.42. The van der Waals surface area contributed by atoms with Gasteiger partial charge >= 0.3 is 6.03 Å². The number of likely N-dealkylation sites (tertiary alicyclic amines) is 1. The molecule has 0 radical (unpaired) electrons. The average Bonchev–Trinajstić information content (AvgIpc) is 3.11. The molecule has 7 heteroatoms. The van der Waals surface area contributed by atoms with E-state index in [0.717, 1.165) is 69.0 Å². The predicted molar refractivity (Wildman–Crippen MR) is 112 cm³/mol. The molecule has 3 amide bonds. The largest absolute Gasteiger partial charge is 0.450 e. The number of hydrogen-bond acceptors (Lipinski definition) is 3. The number of hydrogen-bond donors (Lipinski definition) is 2. The van der Waals surface area contributed by atoms with E-state index in [1.807, 2.05) is 4.90 Å². The van der Waals surface area contributed by atoms with Crippen LogP contribution >= 0.6 is 11.6 Å². The summed E-state index contributed by atoms with van der Waals surface area (Å²) >= 11 is 6.57. The molecular formula is C22H26ClN3O3. The molecule has 1 unspecified atom stereocenters. The van der Waals surface area contributed by atoms with Crippen LogP contribution in [0.5, 0.6) is 0 Å². The molecule has 1 aromatic heterocycles. The Balaban J connectivity index is 1.62. The molecule has 3 heterocycles. The van der Waals surface area contributed by atoms with E-state index in [2.05, 4.69) is 17.6 Å². The highest BCUT2D eigenvalue weighted by Crippen LogP contribution is 2.49. The number of piperidine rings is 1. The molecule has 1 atom stereocenters. The normalized spacial score (nSPS) is 23.6. The summed E-state index contributed by atoms with van der Waals surface area (Å²) in [6.45, 7) is 3.70. The first kappa shape index (κ1) is 18.8. The van der Waals surface area contributed by atoms with Crippen LogP contribution in [0.15, 0.2) is 16.5 Å². The number of halogens is 1. The van der Waals surface area contributed by atoms with Gasteiger partial charge in [0.1, 0.15) is 5.58 Å². The van der Waals surface area contributed by atoms with Crippen molar-refractivity contribution in [3.8, 4) is 0 Å². The molecule has 0 bridgehead atoms. The Morgan fingerprint density at radius 2 is 2.03 bits per heavy atom. The second kappa shape index (κ2) is 6.94. The minimum atomic E-state index is -0.489. The molecular weight excluding hydrogens is 390 g/mol. The molecule has 1 saturated heterocycles. The van der Waals surface area contributed by atoms with Gasteiger partial charge in [0.25, 0.3) is 5.91 Å². The maximum absolute atomic E-state index is 13.1. The van der Waals surface area contributed by atoms with Crippen LogP contribution in [-0.4, -0.2) is 29.9 Å². The number of urea groups is 1. The van der Waals surface area contributed by atoms with Crippen LogP contribution < -0.4 is 10.6 Å². The summed E-state index contributed by atoms with van der Waals surface area (Å²) in [5.74, 6) is 0.786. The van der Waals surface area contributed by atoms with Crippen molar-refractivity contribution in [2.24, 2.45) is 5.92 Å². The van der Waals surface area contributed by atoms with Gasteiger partial charge in [0.2, 0.25) is 0 Å². The summed E-state index contributed by atoms with van der Waals surface area (Å²) in [5, 5.41) is 7.31. The first-order valence-corrected chi connectivity index (χ1v) is 11.0. The van der Waals surface area contributed by atoms with Crippen LogP contribution in [0.4, 0.5) is 10.5 Å². The number of furan rings is 1. The predicted octanol–water partition coefficient (Wildman–Crippen LogP) is 5.25. The van der Waals surface area contributed by atoms with Gasteiger partial charge in [0, 0.05) is 24.0 Å². The summed E-state index contributed by atoms with van der Waals surface area (Å²) < 4.78 is 6.19. The van der Waals surface area contributed by atoms with Gasteiger partial charge in [-0.3, -0.25) is 4.79 Å². The fourth-order valence-corrected chi connectivity index (χ4v) is 5.58. The number of nitrogens with one attached hydrogen (secondary N) is 2. The first-order valence-electron chi connectivity index (χ1n) is 10.6. The lowest BCUT2D eigenvalue weighted by molar-refractivity contribution is 0.0653. The van der Waals surface area contributed by atoms with E-state index >= 15 is 0 Å². The van der Waals surface area contributed by atoms with E-state index in [-0.39, 0.29) is 11.9 Å². The van der Waals surface area contributed by atoms with Crippen molar-refractivity contribution in [1.29, 1.82) is 0 Å². The van der Waals surface area contributed by atoms with Crippen molar-refractivity contribution in [2.75, 3.05) is 18.4 Å². The molecule has 29 heavy (non-hydrogen) atoms. The Morgan fingerprint density at radius 3 is 2.79 bits per heavy atom. The highest BCUT2D eigenvalue weighted by atomic mass is 35.5. The number of amides is 3. The molecule has 2 fully saturated rings. The number of benzene rings is 1. The minimum absolute atomic E-state index is 0.0666. The standard InChI is InChI=1S/C22H26ClN3O3/c1-13-6-5-9-26(12-13)20(27)16-11-14-10-15(23)18-17(19(14)29-16)22(25-21(28)24-18)7-3-2-4-8-22/h10-11,13H,2-9,12H2,1H3,(H2,24,25,28). The van der Waals surface area contributed by atoms with Crippen molar-refractivity contribution in [3.05, 3.63) is 28.5 Å². The second-order valence-corrected chi connectivity index (χ2v) is 9.27. The van der Waals surface area contributed by atoms with Gasteiger partial charge in [-0.2, -0.15) is 0 Å². The average molecular weight is 416 g/mol. The number of carbonyl (C=O) groups is 2. The molecule has 1 spiro atoms. The quantitative estimate of drug-likeness (QED) is 0.667. The fourth-order valence-electron chi connectivity index (χ4n) is 5.32. The van der Waals surface area contributed by atoms with Crippen LogP contribution in [0.1, 0.15) is 68.0 Å². The van der Waals surface area contributed by atoms with Crippen molar-refractivity contribution in [3.63, 3.8) is 0 Å². The van der Waals surface area contributed by atoms with Crippen molar-refractivity contribution in [2.45, 2.75) is 57.4 Å². The maximum atomic E-state index is 13.1. The second-order valence-electron chi connectivity index (χ2n) is 8.86. The molecule has 2 aliphatic heterocycles. The Kier molecular flexibility index (Phi) is 4.50. The molecule has 1 saturated carbocycles. The first-order chi connectivity index (χ1) is 14.0. The van der Waals surface area contributed by atoms with Gasteiger partial charge in [-0.15, -0.1) is 0 Å². The monoisotopic (exact) mass is 415 g/mol. The third-order valence-corrected chi connectivity index (χ3v) is 6.99. The summed E-state index contributed by atoms with van der Waals surface area (Å²) in [5.41, 5.74) is 1.68. The Bertz CT molecular complexity index is 993. The molecule has 2 N–H and O–H groups in total. The topological polar surface area (TPSA) is 74.6 Å². The van der Waals surface area contributed by atoms with Crippen LogP contribution in [-0.2, 0) is 5.54 Å². The number of carbonyl (C=O) groups excluding carboxylic acids is 2. The fraction of sp³-hybridized carbons (Fsp3) is 0.545. The van der Waals surface area contributed by atoms with Crippen LogP contribution in [0.2, 0.25) is 5.02 Å². The Hall–Kier alpha value is -2.21. The smallest absolute Gasteiger partial charge is 0.319 e. The van der Waals surface area contributed by atoms with E-state index in [1.54, 1.807) is 12.1 Å². The van der Waals surface area contributed by atoms with E-state index < -0.39 is 5.54 Å². The molecule has 1 aromatic carbocycles. The summed E-state index contributed by atoms with van der Waals surface area (Å²) in [6.07, 6.45) is 7.08. The third-order valence-electron chi connectivity index (χ3n) is 6.69. The van der Waals surface area contributed by atoms with Crippen molar-refractivity contribution in [1.82, 2.24) is 10.2 Å². The van der Waals surface area contributed by atoms with Gasteiger partial charge in [0.05, 0.1) is 16.2 Å². The molecule has 1 aliphatic carbocycles. The van der Waals surface area contributed by atoms with Crippen molar-refractivity contribution >= 4 is 40.2 Å². The van der Waals surface area contributed by atoms with E-state index in [9.17, 15) is 9.59 Å². The molecule has 154 valence electrons. The minimum Gasteiger partial charge on any atom is -0.450 e. The zero-order valence-corrected chi connectivity index (χ0v) is 17.4. The Labute approximate surface area is 174 Å². The third kappa shape index (κ3) is 3.08. The number of fused-ring (bicyclic) bond motifs is 4. The lowest BCUT2D eigenvalue weighted by atomic mass is 9.74. The summed E-state index contributed by atoms with van der Waals surface area (Å²) in [6, 6.07) is 3.36. The van der Waals surface area contributed by atoms with Gasteiger partial charge in [0.15, 0.2) is 5.76 Å². The molecule has 3 aliphatic rings. The number of rotatable bonds is 1. The summed E-state index contributed by atoms with van der Waals surface area (Å²) in [4.78, 5) is 27.4.